The lowest BCUT2D eigenvalue weighted by atomic mass is 10.2. The first-order valence-electron chi connectivity index (χ1n) is 6.46. The lowest BCUT2D eigenvalue weighted by Crippen LogP contribution is -1.97. The molecule has 21 heavy (non-hydrogen) atoms. The summed E-state index contributed by atoms with van der Waals surface area (Å²) in [4.78, 5) is 10.1. The van der Waals surface area contributed by atoms with Crippen molar-refractivity contribution in [1.29, 1.82) is 0 Å². The van der Waals surface area contributed by atoms with Crippen LogP contribution >= 0.6 is 0 Å². The van der Waals surface area contributed by atoms with Gasteiger partial charge in [0.05, 0.1) is 23.4 Å². The number of non-ortho nitro benzene ring substituents is 1. The highest BCUT2D eigenvalue weighted by molar-refractivity contribution is 5.84. The van der Waals surface area contributed by atoms with Crippen LogP contribution in [0, 0.1) is 10.1 Å². The average Bonchev–Trinajstić information content (AvgIpc) is 2.50. The van der Waals surface area contributed by atoms with Crippen LogP contribution in [-0.4, -0.2) is 17.7 Å². The van der Waals surface area contributed by atoms with Gasteiger partial charge >= 0.3 is 0 Å². The highest BCUT2D eigenvalue weighted by Crippen LogP contribution is 2.17. The molecule has 1 N–H and O–H groups in total. The molecule has 2 aromatic rings. The van der Waals surface area contributed by atoms with E-state index in [-0.39, 0.29) is 5.69 Å². The third kappa shape index (κ3) is 4.04. The molecule has 0 aliphatic heterocycles. The molecule has 0 saturated heterocycles. The van der Waals surface area contributed by atoms with E-state index in [0.29, 0.717) is 12.3 Å². The minimum absolute atomic E-state index is 0.0474. The Kier molecular flexibility index (Phi) is 4.87. The first-order chi connectivity index (χ1) is 10.2. The summed E-state index contributed by atoms with van der Waals surface area (Å²) < 4.78 is 5.49. The standard InChI is InChI=1S/C15H15N3O3/c1-2-21-15-6-4-3-5-12(15)11-16-17-13-7-9-14(10-8-13)18(19)20/h3-11,17H,2H2,1H3/b16-11-. The molecule has 0 aliphatic carbocycles. The predicted molar refractivity (Wildman–Crippen MR) is 81.9 cm³/mol. The summed E-state index contributed by atoms with van der Waals surface area (Å²) in [7, 11) is 0. The summed E-state index contributed by atoms with van der Waals surface area (Å²) in [5.41, 5.74) is 4.39. The van der Waals surface area contributed by atoms with Crippen molar-refractivity contribution in [2.24, 2.45) is 5.10 Å². The molecule has 0 amide bonds. The van der Waals surface area contributed by atoms with E-state index in [1.807, 2.05) is 31.2 Å². The molecule has 0 aromatic heterocycles. The fourth-order valence-corrected chi connectivity index (χ4v) is 1.71. The minimum atomic E-state index is -0.439. The maximum atomic E-state index is 10.6. The molecule has 0 aliphatic rings. The minimum Gasteiger partial charge on any atom is -0.493 e. The molecule has 6 heteroatoms. The van der Waals surface area contributed by atoms with Crippen LogP contribution in [0.5, 0.6) is 5.75 Å². The van der Waals surface area contributed by atoms with Gasteiger partial charge in [0.25, 0.3) is 5.69 Å². The van der Waals surface area contributed by atoms with Crippen LogP contribution < -0.4 is 10.2 Å². The van der Waals surface area contributed by atoms with Crippen molar-refractivity contribution in [2.45, 2.75) is 6.92 Å². The number of nitro benzene ring substituents is 1. The van der Waals surface area contributed by atoms with E-state index >= 15 is 0 Å². The van der Waals surface area contributed by atoms with Gasteiger partial charge < -0.3 is 4.74 Å². The van der Waals surface area contributed by atoms with Crippen LogP contribution in [-0.2, 0) is 0 Å². The zero-order chi connectivity index (χ0) is 15.1. The second-order valence-electron chi connectivity index (χ2n) is 4.14. The maximum Gasteiger partial charge on any atom is 0.269 e. The third-order valence-electron chi connectivity index (χ3n) is 2.69. The quantitative estimate of drug-likeness (QED) is 0.501. The van der Waals surface area contributed by atoms with Gasteiger partial charge in [-0.15, -0.1) is 0 Å². The van der Waals surface area contributed by atoms with Gasteiger partial charge in [0.2, 0.25) is 0 Å². The van der Waals surface area contributed by atoms with E-state index in [2.05, 4.69) is 10.5 Å². The van der Waals surface area contributed by atoms with E-state index in [1.54, 1.807) is 18.3 Å². The van der Waals surface area contributed by atoms with Crippen molar-refractivity contribution in [2.75, 3.05) is 12.0 Å². The monoisotopic (exact) mass is 285 g/mol. The van der Waals surface area contributed by atoms with Gasteiger partial charge in [0.1, 0.15) is 5.75 Å². The van der Waals surface area contributed by atoms with Crippen molar-refractivity contribution < 1.29 is 9.66 Å². The van der Waals surface area contributed by atoms with Crippen molar-refractivity contribution >= 4 is 17.6 Å². The second-order valence-corrected chi connectivity index (χ2v) is 4.14. The normalized spacial score (nSPS) is 10.5. The molecule has 0 saturated carbocycles. The molecule has 108 valence electrons. The van der Waals surface area contributed by atoms with Crippen LogP contribution in [0.25, 0.3) is 0 Å². The number of hydrogen-bond donors (Lipinski definition) is 1. The molecule has 0 heterocycles. The Bertz CT molecular complexity index is 639. The van der Waals surface area contributed by atoms with Crippen LogP contribution in [0.1, 0.15) is 12.5 Å². The molecular weight excluding hydrogens is 270 g/mol. The number of anilines is 1. The van der Waals surface area contributed by atoms with E-state index in [1.165, 1.54) is 12.1 Å². The molecule has 0 spiro atoms. The summed E-state index contributed by atoms with van der Waals surface area (Å²) in [6, 6.07) is 13.6. The fraction of sp³-hybridized carbons (Fsp3) is 0.133. The molecule has 0 radical (unpaired) electrons. The molecule has 0 bridgehead atoms. The highest BCUT2D eigenvalue weighted by Gasteiger charge is 2.03. The summed E-state index contributed by atoms with van der Waals surface area (Å²) in [6.45, 7) is 2.50. The molecular formula is C15H15N3O3. The average molecular weight is 285 g/mol. The van der Waals surface area contributed by atoms with Crippen LogP contribution in [0.4, 0.5) is 11.4 Å². The Labute approximate surface area is 122 Å². The molecule has 0 unspecified atom stereocenters. The highest BCUT2D eigenvalue weighted by atomic mass is 16.6. The molecule has 2 rings (SSSR count). The summed E-state index contributed by atoms with van der Waals surface area (Å²) in [5, 5.41) is 14.7. The van der Waals surface area contributed by atoms with Crippen molar-refractivity contribution in [3.63, 3.8) is 0 Å². The van der Waals surface area contributed by atoms with Gasteiger partial charge in [-0.05, 0) is 31.2 Å². The Morgan fingerprint density at radius 2 is 1.95 bits per heavy atom. The van der Waals surface area contributed by atoms with E-state index in [9.17, 15) is 10.1 Å². The van der Waals surface area contributed by atoms with Crippen LogP contribution in [0.3, 0.4) is 0 Å². The summed E-state index contributed by atoms with van der Waals surface area (Å²) in [6.07, 6.45) is 1.65. The Balaban J connectivity index is 2.03. The molecule has 2 aromatic carbocycles. The lowest BCUT2D eigenvalue weighted by molar-refractivity contribution is -0.384. The first kappa shape index (κ1) is 14.5. The second kappa shape index (κ2) is 7.04. The van der Waals surface area contributed by atoms with Crippen molar-refractivity contribution in [1.82, 2.24) is 0 Å². The van der Waals surface area contributed by atoms with Gasteiger partial charge in [-0.25, -0.2) is 0 Å². The van der Waals surface area contributed by atoms with Crippen molar-refractivity contribution in [3.8, 4) is 5.75 Å². The van der Waals surface area contributed by atoms with E-state index in [4.69, 9.17) is 4.74 Å². The largest absolute Gasteiger partial charge is 0.493 e. The molecule has 0 atom stereocenters. The lowest BCUT2D eigenvalue weighted by Gasteiger charge is -2.06. The fourth-order valence-electron chi connectivity index (χ4n) is 1.71. The summed E-state index contributed by atoms with van der Waals surface area (Å²) in [5.74, 6) is 0.759. The van der Waals surface area contributed by atoms with E-state index < -0.39 is 4.92 Å². The number of hydrazone groups is 1. The Morgan fingerprint density at radius 3 is 2.62 bits per heavy atom. The number of nitrogens with one attached hydrogen (secondary N) is 1. The van der Waals surface area contributed by atoms with Crippen molar-refractivity contribution in [3.05, 3.63) is 64.2 Å². The summed E-state index contributed by atoms with van der Waals surface area (Å²) >= 11 is 0. The number of hydrogen-bond acceptors (Lipinski definition) is 5. The SMILES string of the molecule is CCOc1ccccc1/C=N\Nc1ccc([N+](=O)[O-])cc1. The Morgan fingerprint density at radius 1 is 1.24 bits per heavy atom. The zero-order valence-electron chi connectivity index (χ0n) is 11.5. The Hall–Kier alpha value is -2.89. The van der Waals surface area contributed by atoms with E-state index in [0.717, 1.165) is 11.3 Å². The number of ether oxygens (including phenoxy) is 1. The van der Waals surface area contributed by atoms with Gasteiger partial charge in [0, 0.05) is 17.7 Å². The van der Waals surface area contributed by atoms with Gasteiger partial charge in [-0.3, -0.25) is 15.5 Å². The maximum absolute atomic E-state index is 10.6. The topological polar surface area (TPSA) is 76.8 Å². The number of rotatable bonds is 6. The van der Waals surface area contributed by atoms with Gasteiger partial charge in [-0.1, -0.05) is 12.1 Å². The third-order valence-corrected chi connectivity index (χ3v) is 2.69. The smallest absolute Gasteiger partial charge is 0.269 e. The van der Waals surface area contributed by atoms with Gasteiger partial charge in [0.15, 0.2) is 0 Å². The van der Waals surface area contributed by atoms with Crippen LogP contribution in [0.15, 0.2) is 53.6 Å². The zero-order valence-corrected chi connectivity index (χ0v) is 11.5. The van der Waals surface area contributed by atoms with Crippen LogP contribution in [0.2, 0.25) is 0 Å². The number of benzene rings is 2. The number of para-hydroxylation sites is 1. The predicted octanol–water partition coefficient (Wildman–Crippen LogP) is 3.44. The molecule has 0 fully saturated rings. The number of nitro groups is 1. The first-order valence-corrected chi connectivity index (χ1v) is 6.46. The van der Waals surface area contributed by atoms with Gasteiger partial charge in [-0.2, -0.15) is 5.10 Å². The molecule has 6 nitrogen and oxygen atoms in total. The number of nitrogens with zero attached hydrogens (tertiary/aromatic N) is 2.